The summed E-state index contributed by atoms with van der Waals surface area (Å²) in [4.78, 5) is 0. The fourth-order valence-electron chi connectivity index (χ4n) is 1.09. The van der Waals surface area contributed by atoms with Crippen LogP contribution in [0.5, 0.6) is 5.75 Å². The minimum atomic E-state index is 0.650. The van der Waals surface area contributed by atoms with Crippen molar-refractivity contribution in [1.29, 1.82) is 0 Å². The van der Waals surface area contributed by atoms with Crippen LogP contribution in [0.4, 0.5) is 0 Å². The third-order valence-corrected chi connectivity index (χ3v) is 2.05. The van der Waals surface area contributed by atoms with E-state index in [1.165, 1.54) is 0 Å². The van der Waals surface area contributed by atoms with Crippen LogP contribution in [0.1, 0.15) is 5.56 Å². The molecule has 56 valence electrons. The van der Waals surface area contributed by atoms with Crippen LogP contribution in [0.25, 0.3) is 6.08 Å². The molecule has 0 saturated carbocycles. The van der Waals surface area contributed by atoms with Crippen LogP contribution in [0, 0.1) is 0 Å². The van der Waals surface area contributed by atoms with Gasteiger partial charge in [-0.2, -0.15) is 0 Å². The Morgan fingerprint density at radius 3 is 3.00 bits per heavy atom. The number of rotatable bonds is 0. The molecule has 0 N–H and O–H groups in total. The highest BCUT2D eigenvalue weighted by molar-refractivity contribution is 9.11. The number of hydrogen-bond acceptors (Lipinski definition) is 1. The standard InChI is InChI=1S/C9H7BrO/c10-8-5-7-3-1-2-4-9(7)11-6-8/h1-5H,6H2. The monoisotopic (exact) mass is 210 g/mol. The van der Waals surface area contributed by atoms with Gasteiger partial charge in [0.2, 0.25) is 0 Å². The molecule has 1 heterocycles. The highest BCUT2D eigenvalue weighted by atomic mass is 79.9. The molecule has 11 heavy (non-hydrogen) atoms. The fraction of sp³-hybridized carbons (Fsp3) is 0.111. The van der Waals surface area contributed by atoms with Crippen LogP contribution in [0.3, 0.4) is 0 Å². The maximum atomic E-state index is 5.42. The van der Waals surface area contributed by atoms with Crippen LogP contribution in [-0.4, -0.2) is 6.61 Å². The molecule has 0 spiro atoms. The Kier molecular flexibility index (Phi) is 1.70. The van der Waals surface area contributed by atoms with Crippen LogP contribution >= 0.6 is 15.9 Å². The lowest BCUT2D eigenvalue weighted by Crippen LogP contribution is -2.02. The average Bonchev–Trinajstić information content (AvgIpc) is 2.04. The third kappa shape index (κ3) is 1.31. The predicted octanol–water partition coefficient (Wildman–Crippen LogP) is 2.81. The second-order valence-corrected chi connectivity index (χ2v) is 3.44. The molecule has 0 amide bonds. The Bertz CT molecular complexity index is 304. The lowest BCUT2D eigenvalue weighted by Gasteiger charge is -2.13. The van der Waals surface area contributed by atoms with Gasteiger partial charge in [-0.05, 0) is 12.1 Å². The van der Waals surface area contributed by atoms with Gasteiger partial charge >= 0.3 is 0 Å². The number of para-hydroxylation sites is 1. The highest BCUT2D eigenvalue weighted by Crippen LogP contribution is 2.27. The van der Waals surface area contributed by atoms with Crippen molar-refractivity contribution in [3.05, 3.63) is 34.3 Å². The molecular weight excluding hydrogens is 204 g/mol. The van der Waals surface area contributed by atoms with Gasteiger partial charge in [0.25, 0.3) is 0 Å². The minimum absolute atomic E-state index is 0.650. The number of fused-ring (bicyclic) bond motifs is 1. The Labute approximate surface area is 73.8 Å². The van der Waals surface area contributed by atoms with E-state index >= 15 is 0 Å². The van der Waals surface area contributed by atoms with E-state index in [0.29, 0.717) is 6.61 Å². The van der Waals surface area contributed by atoms with E-state index in [9.17, 15) is 0 Å². The van der Waals surface area contributed by atoms with E-state index in [-0.39, 0.29) is 0 Å². The summed E-state index contributed by atoms with van der Waals surface area (Å²) >= 11 is 3.39. The SMILES string of the molecule is BrC1=Cc2ccccc2OC1. The minimum Gasteiger partial charge on any atom is -0.488 e. The molecule has 0 saturated heterocycles. The quantitative estimate of drug-likeness (QED) is 0.641. The maximum absolute atomic E-state index is 5.42. The first-order valence-electron chi connectivity index (χ1n) is 3.44. The van der Waals surface area contributed by atoms with Crippen molar-refractivity contribution >= 4 is 22.0 Å². The molecule has 0 bridgehead atoms. The first-order valence-corrected chi connectivity index (χ1v) is 4.23. The number of ether oxygens (including phenoxy) is 1. The van der Waals surface area contributed by atoms with Crippen molar-refractivity contribution in [1.82, 2.24) is 0 Å². The topological polar surface area (TPSA) is 9.23 Å². The van der Waals surface area contributed by atoms with Gasteiger partial charge in [0.15, 0.2) is 0 Å². The normalized spacial score (nSPS) is 14.8. The molecule has 0 aliphatic carbocycles. The molecule has 2 rings (SSSR count). The van der Waals surface area contributed by atoms with Gasteiger partial charge in [-0.1, -0.05) is 34.1 Å². The fourth-order valence-corrected chi connectivity index (χ4v) is 1.45. The van der Waals surface area contributed by atoms with E-state index in [1.807, 2.05) is 24.3 Å². The number of halogens is 1. The Hall–Kier alpha value is -0.760. The van der Waals surface area contributed by atoms with Gasteiger partial charge in [0, 0.05) is 10.0 Å². The van der Waals surface area contributed by atoms with E-state index in [4.69, 9.17) is 4.74 Å². The molecule has 0 atom stereocenters. The molecule has 0 fully saturated rings. The number of hydrogen-bond donors (Lipinski definition) is 0. The highest BCUT2D eigenvalue weighted by Gasteiger charge is 2.06. The van der Waals surface area contributed by atoms with E-state index < -0.39 is 0 Å². The zero-order chi connectivity index (χ0) is 7.68. The Morgan fingerprint density at radius 2 is 2.09 bits per heavy atom. The van der Waals surface area contributed by atoms with Crippen molar-refractivity contribution in [3.8, 4) is 5.75 Å². The molecule has 0 aromatic heterocycles. The Morgan fingerprint density at radius 1 is 1.27 bits per heavy atom. The summed E-state index contributed by atoms with van der Waals surface area (Å²) in [6.07, 6.45) is 2.08. The van der Waals surface area contributed by atoms with Crippen molar-refractivity contribution in [2.45, 2.75) is 0 Å². The summed E-state index contributed by atoms with van der Waals surface area (Å²) in [5.41, 5.74) is 1.14. The molecule has 0 unspecified atom stereocenters. The summed E-state index contributed by atoms with van der Waals surface area (Å²) in [6.45, 7) is 0.650. The van der Waals surface area contributed by atoms with Gasteiger partial charge < -0.3 is 4.74 Å². The summed E-state index contributed by atoms with van der Waals surface area (Å²) in [5.74, 6) is 0.968. The molecule has 2 heteroatoms. The lowest BCUT2D eigenvalue weighted by molar-refractivity contribution is 0.356. The molecule has 1 aromatic rings. The van der Waals surface area contributed by atoms with Crippen LogP contribution in [0.2, 0.25) is 0 Å². The second-order valence-electron chi connectivity index (χ2n) is 2.42. The van der Waals surface area contributed by atoms with Crippen molar-refractivity contribution in [3.63, 3.8) is 0 Å². The zero-order valence-corrected chi connectivity index (χ0v) is 7.47. The summed E-state index contributed by atoms with van der Waals surface area (Å²) in [7, 11) is 0. The predicted molar refractivity (Wildman–Crippen MR) is 48.8 cm³/mol. The molecule has 1 aliphatic rings. The third-order valence-electron chi connectivity index (χ3n) is 1.60. The summed E-state index contributed by atoms with van der Waals surface area (Å²) < 4.78 is 6.51. The molecule has 1 aromatic carbocycles. The van der Waals surface area contributed by atoms with Crippen molar-refractivity contribution in [2.24, 2.45) is 0 Å². The van der Waals surface area contributed by atoms with E-state index in [0.717, 1.165) is 15.8 Å². The van der Waals surface area contributed by atoms with Crippen molar-refractivity contribution in [2.75, 3.05) is 6.61 Å². The van der Waals surface area contributed by atoms with Crippen LogP contribution in [-0.2, 0) is 0 Å². The largest absolute Gasteiger partial charge is 0.488 e. The first kappa shape index (κ1) is 6.92. The van der Waals surface area contributed by atoms with Crippen LogP contribution in [0.15, 0.2) is 28.7 Å². The zero-order valence-electron chi connectivity index (χ0n) is 5.88. The van der Waals surface area contributed by atoms with Gasteiger partial charge in [0.1, 0.15) is 12.4 Å². The number of benzene rings is 1. The van der Waals surface area contributed by atoms with E-state index in [2.05, 4.69) is 22.0 Å². The average molecular weight is 211 g/mol. The van der Waals surface area contributed by atoms with Gasteiger partial charge in [0.05, 0.1) is 0 Å². The Balaban J connectivity index is 2.51. The van der Waals surface area contributed by atoms with Crippen molar-refractivity contribution < 1.29 is 4.74 Å². The smallest absolute Gasteiger partial charge is 0.127 e. The summed E-state index contributed by atoms with van der Waals surface area (Å²) in [6, 6.07) is 8.00. The summed E-state index contributed by atoms with van der Waals surface area (Å²) in [5, 5.41) is 0. The second kappa shape index (κ2) is 2.70. The van der Waals surface area contributed by atoms with Gasteiger partial charge in [-0.15, -0.1) is 0 Å². The molecular formula is C9H7BrO. The molecule has 1 nitrogen and oxygen atoms in total. The maximum Gasteiger partial charge on any atom is 0.127 e. The van der Waals surface area contributed by atoms with Gasteiger partial charge in [-0.3, -0.25) is 0 Å². The van der Waals surface area contributed by atoms with E-state index in [1.54, 1.807) is 0 Å². The van der Waals surface area contributed by atoms with Crippen LogP contribution < -0.4 is 4.74 Å². The molecule has 1 aliphatic heterocycles. The molecule has 0 radical (unpaired) electrons. The lowest BCUT2D eigenvalue weighted by atomic mass is 10.1. The van der Waals surface area contributed by atoms with Gasteiger partial charge in [-0.25, -0.2) is 0 Å². The first-order chi connectivity index (χ1) is 5.36.